The van der Waals surface area contributed by atoms with E-state index in [2.05, 4.69) is 61.1 Å². The third kappa shape index (κ3) is 3.71. The lowest BCUT2D eigenvalue weighted by Crippen LogP contribution is -2.34. The van der Waals surface area contributed by atoms with E-state index in [-0.39, 0.29) is 0 Å². The first kappa shape index (κ1) is 14.5. The van der Waals surface area contributed by atoms with Gasteiger partial charge in [0.1, 0.15) is 0 Å². The molecule has 0 radical (unpaired) electrons. The highest BCUT2D eigenvalue weighted by atomic mass is 79.9. The Kier molecular flexibility index (Phi) is 5.47. The Labute approximate surface area is 113 Å². The van der Waals surface area contributed by atoms with E-state index in [4.69, 9.17) is 5.73 Å². The van der Waals surface area contributed by atoms with Crippen molar-refractivity contribution >= 4 is 21.6 Å². The largest absolute Gasteiger partial charge is 0.381 e. The Morgan fingerprint density at radius 2 is 1.82 bits per heavy atom. The summed E-state index contributed by atoms with van der Waals surface area (Å²) in [5.41, 5.74) is 9.51. The van der Waals surface area contributed by atoms with Gasteiger partial charge in [0.15, 0.2) is 0 Å². The van der Waals surface area contributed by atoms with E-state index in [0.29, 0.717) is 18.5 Å². The second-order valence-corrected chi connectivity index (χ2v) is 5.59. The van der Waals surface area contributed by atoms with Crippen molar-refractivity contribution < 1.29 is 0 Å². The fourth-order valence-corrected chi connectivity index (χ4v) is 2.19. The molecular weight excluding hydrogens is 276 g/mol. The molecule has 1 aromatic rings. The fourth-order valence-electron chi connectivity index (χ4n) is 1.96. The van der Waals surface area contributed by atoms with E-state index >= 15 is 0 Å². The van der Waals surface area contributed by atoms with Gasteiger partial charge in [-0.25, -0.2) is 0 Å². The number of aryl methyl sites for hydroxylation is 2. The first-order valence-electron chi connectivity index (χ1n) is 6.22. The molecule has 0 aliphatic rings. The van der Waals surface area contributed by atoms with Crippen LogP contribution in [0.2, 0.25) is 0 Å². The van der Waals surface area contributed by atoms with Crippen molar-refractivity contribution in [2.45, 2.75) is 40.2 Å². The molecule has 0 spiro atoms. The summed E-state index contributed by atoms with van der Waals surface area (Å²) >= 11 is 3.59. The Bertz CT molecular complexity index is 353. The van der Waals surface area contributed by atoms with E-state index < -0.39 is 0 Å². The smallest absolute Gasteiger partial charge is 0.0409 e. The second-order valence-electron chi connectivity index (χ2n) is 4.80. The Morgan fingerprint density at radius 1 is 1.29 bits per heavy atom. The number of nitrogens with two attached hydrogens (primary N) is 1. The van der Waals surface area contributed by atoms with Crippen LogP contribution in [-0.4, -0.2) is 12.6 Å². The van der Waals surface area contributed by atoms with Gasteiger partial charge in [0, 0.05) is 22.7 Å². The minimum atomic E-state index is 0.347. The van der Waals surface area contributed by atoms with Gasteiger partial charge in [-0.3, -0.25) is 0 Å². The lowest BCUT2D eigenvalue weighted by atomic mass is 9.98. The Morgan fingerprint density at radius 3 is 2.24 bits per heavy atom. The van der Waals surface area contributed by atoms with Crippen molar-refractivity contribution in [3.63, 3.8) is 0 Å². The predicted molar refractivity (Wildman–Crippen MR) is 79.5 cm³/mol. The molecule has 0 amide bonds. The third-order valence-corrected chi connectivity index (χ3v) is 4.62. The molecule has 2 unspecified atom stereocenters. The lowest BCUT2D eigenvalue weighted by molar-refractivity contribution is 0.474. The van der Waals surface area contributed by atoms with Gasteiger partial charge < -0.3 is 11.1 Å². The van der Waals surface area contributed by atoms with Crippen molar-refractivity contribution in [1.82, 2.24) is 0 Å². The molecule has 0 bridgehead atoms. The van der Waals surface area contributed by atoms with Gasteiger partial charge in [-0.15, -0.1) is 0 Å². The summed E-state index contributed by atoms with van der Waals surface area (Å²) in [6.07, 6.45) is 1.14. The zero-order valence-corrected chi connectivity index (χ0v) is 12.8. The van der Waals surface area contributed by atoms with E-state index in [1.807, 2.05) is 0 Å². The van der Waals surface area contributed by atoms with E-state index in [1.165, 1.54) is 21.3 Å². The minimum Gasteiger partial charge on any atom is -0.381 e. The summed E-state index contributed by atoms with van der Waals surface area (Å²) in [5.74, 6) is 0.587. The number of hydrogen-bond donors (Lipinski definition) is 2. The van der Waals surface area contributed by atoms with Gasteiger partial charge in [-0.1, -0.05) is 36.2 Å². The average Bonchev–Trinajstić information content (AvgIpc) is 2.31. The van der Waals surface area contributed by atoms with E-state index in [0.717, 1.165) is 6.42 Å². The molecular formula is C14H23BrN2. The van der Waals surface area contributed by atoms with Crippen molar-refractivity contribution in [1.29, 1.82) is 0 Å². The zero-order chi connectivity index (χ0) is 13.0. The predicted octanol–water partition coefficient (Wildman–Crippen LogP) is 3.85. The summed E-state index contributed by atoms with van der Waals surface area (Å²) in [7, 11) is 0. The highest BCUT2D eigenvalue weighted by molar-refractivity contribution is 9.10. The van der Waals surface area contributed by atoms with E-state index in [1.54, 1.807) is 0 Å². The molecule has 0 fully saturated rings. The highest BCUT2D eigenvalue weighted by Gasteiger charge is 2.14. The SMILES string of the molecule is CCC(C)C(CN)Nc1cc(C)c(Br)c(C)c1. The first-order chi connectivity index (χ1) is 7.99. The summed E-state index contributed by atoms with van der Waals surface area (Å²) < 4.78 is 1.19. The van der Waals surface area contributed by atoms with Crippen LogP contribution in [0, 0.1) is 19.8 Å². The first-order valence-corrected chi connectivity index (χ1v) is 7.02. The third-order valence-electron chi connectivity index (χ3n) is 3.37. The molecule has 0 heterocycles. The van der Waals surface area contributed by atoms with Gasteiger partial charge in [-0.2, -0.15) is 0 Å². The maximum atomic E-state index is 5.83. The molecule has 2 atom stereocenters. The van der Waals surface area contributed by atoms with Crippen LogP contribution in [0.15, 0.2) is 16.6 Å². The minimum absolute atomic E-state index is 0.347. The number of anilines is 1. The molecule has 2 nitrogen and oxygen atoms in total. The van der Waals surface area contributed by atoms with Gasteiger partial charge in [-0.05, 0) is 43.0 Å². The van der Waals surface area contributed by atoms with Crippen molar-refractivity contribution in [2.75, 3.05) is 11.9 Å². The molecule has 3 N–H and O–H groups in total. The number of hydrogen-bond acceptors (Lipinski definition) is 2. The number of benzene rings is 1. The van der Waals surface area contributed by atoms with Gasteiger partial charge in [0.2, 0.25) is 0 Å². The van der Waals surface area contributed by atoms with Crippen LogP contribution < -0.4 is 11.1 Å². The normalized spacial score (nSPS) is 14.5. The average molecular weight is 299 g/mol. The number of halogens is 1. The summed E-state index contributed by atoms with van der Waals surface area (Å²) in [5, 5.41) is 3.54. The molecule has 3 heteroatoms. The summed E-state index contributed by atoms with van der Waals surface area (Å²) in [6.45, 7) is 9.34. The lowest BCUT2D eigenvalue weighted by Gasteiger charge is -2.24. The van der Waals surface area contributed by atoms with Crippen LogP contribution in [0.4, 0.5) is 5.69 Å². The maximum Gasteiger partial charge on any atom is 0.0409 e. The van der Waals surface area contributed by atoms with Crippen LogP contribution in [0.25, 0.3) is 0 Å². The van der Waals surface area contributed by atoms with Crippen molar-refractivity contribution in [3.05, 3.63) is 27.7 Å². The summed E-state index contributed by atoms with van der Waals surface area (Å²) in [6, 6.07) is 4.68. The standard InChI is InChI=1S/C14H23BrN2/c1-5-9(2)13(8-16)17-12-6-10(3)14(15)11(4)7-12/h6-7,9,13,17H,5,8,16H2,1-4H3. The molecule has 0 saturated heterocycles. The zero-order valence-electron chi connectivity index (χ0n) is 11.2. The van der Waals surface area contributed by atoms with Crippen LogP contribution in [0.3, 0.4) is 0 Å². The molecule has 0 aromatic heterocycles. The molecule has 17 heavy (non-hydrogen) atoms. The fraction of sp³-hybridized carbons (Fsp3) is 0.571. The topological polar surface area (TPSA) is 38.0 Å². The second kappa shape index (κ2) is 6.41. The number of nitrogens with one attached hydrogen (secondary N) is 1. The maximum absolute atomic E-state index is 5.83. The molecule has 0 aliphatic heterocycles. The van der Waals surface area contributed by atoms with Crippen LogP contribution in [-0.2, 0) is 0 Å². The van der Waals surface area contributed by atoms with Gasteiger partial charge in [0.05, 0.1) is 0 Å². The van der Waals surface area contributed by atoms with Crippen LogP contribution >= 0.6 is 15.9 Å². The van der Waals surface area contributed by atoms with Crippen molar-refractivity contribution in [3.8, 4) is 0 Å². The van der Waals surface area contributed by atoms with Gasteiger partial charge >= 0.3 is 0 Å². The molecule has 0 aliphatic carbocycles. The molecule has 1 rings (SSSR count). The molecule has 1 aromatic carbocycles. The Hall–Kier alpha value is -0.540. The van der Waals surface area contributed by atoms with Crippen molar-refractivity contribution in [2.24, 2.45) is 11.7 Å². The van der Waals surface area contributed by atoms with E-state index in [9.17, 15) is 0 Å². The monoisotopic (exact) mass is 298 g/mol. The van der Waals surface area contributed by atoms with Crippen LogP contribution in [0.5, 0.6) is 0 Å². The van der Waals surface area contributed by atoms with Crippen LogP contribution in [0.1, 0.15) is 31.4 Å². The molecule has 96 valence electrons. The Balaban J connectivity index is 2.87. The summed E-state index contributed by atoms with van der Waals surface area (Å²) in [4.78, 5) is 0. The van der Waals surface area contributed by atoms with Gasteiger partial charge in [0.25, 0.3) is 0 Å². The highest BCUT2D eigenvalue weighted by Crippen LogP contribution is 2.26. The molecule has 0 saturated carbocycles. The number of rotatable bonds is 5. The quantitative estimate of drug-likeness (QED) is 0.866.